The molecule has 0 aliphatic rings. The summed E-state index contributed by atoms with van der Waals surface area (Å²) < 4.78 is 2.89. The van der Waals surface area contributed by atoms with Crippen LogP contribution in [0.15, 0.2) is 59.3 Å². The molecular formula is C14H13BrNO+. The average Bonchev–Trinajstić information content (AvgIpc) is 2.39. The van der Waals surface area contributed by atoms with Crippen molar-refractivity contribution in [1.82, 2.24) is 0 Å². The fourth-order valence-electron chi connectivity index (χ4n) is 1.66. The molecule has 1 unspecified atom stereocenters. The quantitative estimate of drug-likeness (QED) is 0.628. The van der Waals surface area contributed by atoms with Gasteiger partial charge in [-0.3, -0.25) is 4.79 Å². The summed E-state index contributed by atoms with van der Waals surface area (Å²) in [7, 11) is 0. The van der Waals surface area contributed by atoms with E-state index in [1.165, 1.54) is 0 Å². The maximum Gasteiger partial charge on any atom is 0.230 e. The van der Waals surface area contributed by atoms with Crippen LogP contribution in [0.25, 0.3) is 0 Å². The topological polar surface area (TPSA) is 20.9 Å². The first-order valence-corrected chi connectivity index (χ1v) is 6.23. The van der Waals surface area contributed by atoms with Gasteiger partial charge >= 0.3 is 0 Å². The molecule has 1 aromatic heterocycles. The van der Waals surface area contributed by atoms with Crippen molar-refractivity contribution in [3.05, 3.63) is 64.9 Å². The van der Waals surface area contributed by atoms with Crippen molar-refractivity contribution in [3.63, 3.8) is 0 Å². The molecule has 1 aromatic carbocycles. The van der Waals surface area contributed by atoms with Crippen molar-refractivity contribution < 1.29 is 9.36 Å². The highest BCUT2D eigenvalue weighted by molar-refractivity contribution is 9.10. The van der Waals surface area contributed by atoms with E-state index in [0.717, 1.165) is 10.0 Å². The van der Waals surface area contributed by atoms with Crippen molar-refractivity contribution in [3.8, 4) is 0 Å². The van der Waals surface area contributed by atoms with Crippen LogP contribution in [0.2, 0.25) is 0 Å². The second-order valence-electron chi connectivity index (χ2n) is 3.87. The first-order chi connectivity index (χ1) is 8.18. The number of benzene rings is 1. The third-order valence-corrected chi connectivity index (χ3v) is 3.22. The minimum absolute atomic E-state index is 0.119. The van der Waals surface area contributed by atoms with E-state index in [2.05, 4.69) is 15.9 Å². The highest BCUT2D eigenvalue weighted by atomic mass is 79.9. The monoisotopic (exact) mass is 290 g/mol. The van der Waals surface area contributed by atoms with Crippen molar-refractivity contribution in [2.45, 2.75) is 13.0 Å². The molecule has 2 rings (SSSR count). The van der Waals surface area contributed by atoms with Gasteiger partial charge in [0.1, 0.15) is 0 Å². The number of halogens is 1. The molecule has 0 saturated carbocycles. The Morgan fingerprint density at radius 3 is 2.29 bits per heavy atom. The Balaban J connectivity index is 2.23. The van der Waals surface area contributed by atoms with Gasteiger partial charge in [0, 0.05) is 29.1 Å². The van der Waals surface area contributed by atoms with Crippen LogP contribution >= 0.6 is 15.9 Å². The first-order valence-electron chi connectivity index (χ1n) is 5.44. The zero-order valence-electron chi connectivity index (χ0n) is 9.51. The Morgan fingerprint density at radius 2 is 1.71 bits per heavy atom. The Hall–Kier alpha value is -1.48. The number of pyridine rings is 1. The van der Waals surface area contributed by atoms with Crippen molar-refractivity contribution in [2.24, 2.45) is 0 Å². The molecule has 17 heavy (non-hydrogen) atoms. The van der Waals surface area contributed by atoms with Crippen LogP contribution in [0.3, 0.4) is 0 Å². The first kappa shape index (κ1) is 12.0. The largest absolute Gasteiger partial charge is 0.287 e. The molecule has 86 valence electrons. The van der Waals surface area contributed by atoms with Gasteiger partial charge in [0.15, 0.2) is 12.4 Å². The van der Waals surface area contributed by atoms with Gasteiger partial charge < -0.3 is 0 Å². The van der Waals surface area contributed by atoms with Gasteiger partial charge in [-0.25, -0.2) is 0 Å². The van der Waals surface area contributed by atoms with E-state index >= 15 is 0 Å². The number of Topliss-reactive ketones (excluding diaryl/α,β-unsaturated/α-hetero) is 1. The third kappa shape index (κ3) is 2.80. The van der Waals surface area contributed by atoms with E-state index in [-0.39, 0.29) is 11.8 Å². The number of hydrogen-bond acceptors (Lipinski definition) is 1. The Bertz CT molecular complexity index is 508. The number of hydrogen-bond donors (Lipinski definition) is 0. The molecule has 3 heteroatoms. The molecule has 1 atom stereocenters. The molecule has 2 aromatic rings. The Morgan fingerprint density at radius 1 is 1.12 bits per heavy atom. The molecule has 0 bridgehead atoms. The summed E-state index contributed by atoms with van der Waals surface area (Å²) in [6, 6.07) is 13.0. The second kappa shape index (κ2) is 5.23. The summed E-state index contributed by atoms with van der Waals surface area (Å²) in [5.74, 6) is 0.119. The highest BCUT2D eigenvalue weighted by Crippen LogP contribution is 2.13. The van der Waals surface area contributed by atoms with E-state index in [4.69, 9.17) is 0 Å². The molecule has 0 fully saturated rings. The maximum atomic E-state index is 12.2. The lowest BCUT2D eigenvalue weighted by Gasteiger charge is -2.06. The van der Waals surface area contributed by atoms with E-state index in [1.807, 2.05) is 66.3 Å². The summed E-state index contributed by atoms with van der Waals surface area (Å²) in [4.78, 5) is 12.2. The summed E-state index contributed by atoms with van der Waals surface area (Å²) in [5, 5.41) is 0. The number of carbonyl (C=O) groups is 1. The van der Waals surface area contributed by atoms with Crippen molar-refractivity contribution in [1.29, 1.82) is 0 Å². The van der Waals surface area contributed by atoms with Crippen LogP contribution in [0.5, 0.6) is 0 Å². The lowest BCUT2D eigenvalue weighted by Crippen LogP contribution is -2.41. The fraction of sp³-hybridized carbons (Fsp3) is 0.143. The maximum absolute atomic E-state index is 12.2. The van der Waals surface area contributed by atoms with Gasteiger partial charge in [0.05, 0.1) is 0 Å². The normalized spacial score (nSPS) is 12.1. The lowest BCUT2D eigenvalue weighted by molar-refractivity contribution is -0.704. The smallest absolute Gasteiger partial charge is 0.230 e. The Labute approximate surface area is 109 Å². The summed E-state index contributed by atoms with van der Waals surface area (Å²) >= 11 is 3.36. The molecule has 0 radical (unpaired) electrons. The lowest BCUT2D eigenvalue weighted by atomic mass is 10.1. The SMILES string of the molecule is CC(C(=O)c1ccc(Br)cc1)[n+]1ccccc1. The van der Waals surface area contributed by atoms with Gasteiger partial charge in [0.2, 0.25) is 11.8 Å². The molecule has 1 heterocycles. The van der Waals surface area contributed by atoms with Crippen LogP contribution < -0.4 is 4.57 Å². The molecule has 0 aliphatic heterocycles. The minimum Gasteiger partial charge on any atom is -0.287 e. The van der Waals surface area contributed by atoms with E-state index < -0.39 is 0 Å². The zero-order valence-corrected chi connectivity index (χ0v) is 11.1. The fourth-order valence-corrected chi connectivity index (χ4v) is 1.93. The van der Waals surface area contributed by atoms with Gasteiger partial charge in [-0.1, -0.05) is 34.1 Å². The molecule has 0 N–H and O–H groups in total. The minimum atomic E-state index is -0.183. The third-order valence-electron chi connectivity index (χ3n) is 2.69. The number of aromatic nitrogens is 1. The van der Waals surface area contributed by atoms with E-state index in [1.54, 1.807) is 0 Å². The predicted octanol–water partition coefficient (Wildman–Crippen LogP) is 3.18. The Kier molecular flexibility index (Phi) is 3.69. The number of rotatable bonds is 3. The average molecular weight is 291 g/mol. The van der Waals surface area contributed by atoms with Gasteiger partial charge in [-0.2, -0.15) is 4.57 Å². The summed E-state index contributed by atoms with van der Waals surface area (Å²) in [6.45, 7) is 1.91. The molecule has 0 spiro atoms. The van der Waals surface area contributed by atoms with Gasteiger partial charge in [-0.05, 0) is 12.1 Å². The molecule has 2 nitrogen and oxygen atoms in total. The van der Waals surface area contributed by atoms with E-state index in [0.29, 0.717) is 0 Å². The van der Waals surface area contributed by atoms with Crippen LogP contribution in [0.4, 0.5) is 0 Å². The van der Waals surface area contributed by atoms with Crippen LogP contribution in [0.1, 0.15) is 23.3 Å². The van der Waals surface area contributed by atoms with E-state index in [9.17, 15) is 4.79 Å². The van der Waals surface area contributed by atoms with Crippen molar-refractivity contribution in [2.75, 3.05) is 0 Å². The summed E-state index contributed by atoms with van der Waals surface area (Å²) in [6.07, 6.45) is 3.81. The molecule has 0 saturated heterocycles. The second-order valence-corrected chi connectivity index (χ2v) is 4.79. The number of carbonyl (C=O) groups excluding carboxylic acids is 1. The van der Waals surface area contributed by atoms with Gasteiger partial charge in [-0.15, -0.1) is 0 Å². The number of nitrogens with zero attached hydrogens (tertiary/aromatic N) is 1. The van der Waals surface area contributed by atoms with Crippen LogP contribution in [-0.2, 0) is 0 Å². The predicted molar refractivity (Wildman–Crippen MR) is 69.8 cm³/mol. The van der Waals surface area contributed by atoms with Crippen LogP contribution in [0, 0.1) is 0 Å². The molecule has 0 aliphatic carbocycles. The standard InChI is InChI=1S/C14H13BrNO/c1-11(16-9-3-2-4-10-16)14(17)12-5-7-13(15)8-6-12/h2-11H,1H3/q+1. The zero-order chi connectivity index (χ0) is 12.3. The summed E-state index contributed by atoms with van der Waals surface area (Å²) in [5.41, 5.74) is 0.733. The molecular weight excluding hydrogens is 278 g/mol. The number of ketones is 1. The highest BCUT2D eigenvalue weighted by Gasteiger charge is 2.22. The van der Waals surface area contributed by atoms with Crippen LogP contribution in [-0.4, -0.2) is 5.78 Å². The van der Waals surface area contributed by atoms with Crippen molar-refractivity contribution >= 4 is 21.7 Å². The molecule has 0 amide bonds. The van der Waals surface area contributed by atoms with Gasteiger partial charge in [0.25, 0.3) is 0 Å².